The van der Waals surface area contributed by atoms with E-state index >= 15 is 0 Å². The summed E-state index contributed by atoms with van der Waals surface area (Å²) < 4.78 is 44.4. The van der Waals surface area contributed by atoms with Crippen LogP contribution in [0.4, 0.5) is 24.7 Å². The summed E-state index contributed by atoms with van der Waals surface area (Å²) in [6.45, 7) is 3.48. The van der Waals surface area contributed by atoms with Crippen LogP contribution in [-0.4, -0.2) is 17.1 Å². The Balaban J connectivity index is 2.01. The Kier molecular flexibility index (Phi) is 4.82. The molecular weight excluding hydrogens is 357 g/mol. The Hall–Kier alpha value is -3.03. The number of nitrogens with zero attached hydrogens (tertiary/aromatic N) is 2. The second-order valence-corrected chi connectivity index (χ2v) is 6.17. The first-order valence-corrected chi connectivity index (χ1v) is 8.15. The molecule has 1 radical (unpaired) electrons. The lowest BCUT2D eigenvalue weighted by Crippen LogP contribution is -2.12. The maximum atomic E-state index is 13.1. The lowest BCUT2D eigenvalue weighted by atomic mass is 10.0. The molecule has 27 heavy (non-hydrogen) atoms. The summed E-state index contributed by atoms with van der Waals surface area (Å²) in [5.41, 5.74) is 5.99. The van der Waals surface area contributed by atoms with Crippen LogP contribution in [-0.2, 0) is 6.18 Å². The standard InChI is InChI=1S/C19H18F3N4O/c1-10(12-6-13(19(20,21)22)8-14(23)7-12)24-18-16-9-15(27-3)4-5-17(16)25-11(2)26-18/h5-10H,23H2,1-3H3,(H,24,25,26)/t10-/m1/s1. The number of nitrogens with one attached hydrogen (secondary N) is 1. The van der Waals surface area contributed by atoms with E-state index in [4.69, 9.17) is 10.5 Å². The van der Waals surface area contributed by atoms with Crippen molar-refractivity contribution in [2.45, 2.75) is 26.1 Å². The molecule has 0 saturated carbocycles. The Morgan fingerprint density at radius 2 is 1.93 bits per heavy atom. The predicted molar refractivity (Wildman–Crippen MR) is 97.6 cm³/mol. The largest absolute Gasteiger partial charge is 0.496 e. The van der Waals surface area contributed by atoms with E-state index < -0.39 is 17.8 Å². The fourth-order valence-electron chi connectivity index (χ4n) is 2.77. The fourth-order valence-corrected chi connectivity index (χ4v) is 2.77. The zero-order chi connectivity index (χ0) is 19.8. The van der Waals surface area contributed by atoms with Gasteiger partial charge in [-0.05, 0) is 49.7 Å². The molecule has 0 aliphatic carbocycles. The number of methoxy groups -OCH3 is 1. The molecule has 0 spiro atoms. The van der Waals surface area contributed by atoms with E-state index in [1.54, 1.807) is 26.0 Å². The third-order valence-corrected chi connectivity index (χ3v) is 4.09. The lowest BCUT2D eigenvalue weighted by molar-refractivity contribution is -0.137. The number of hydrogen-bond acceptors (Lipinski definition) is 5. The third-order valence-electron chi connectivity index (χ3n) is 4.09. The van der Waals surface area contributed by atoms with Gasteiger partial charge in [0, 0.05) is 17.1 Å². The van der Waals surface area contributed by atoms with Crippen molar-refractivity contribution < 1.29 is 17.9 Å². The van der Waals surface area contributed by atoms with Gasteiger partial charge >= 0.3 is 6.18 Å². The number of fused-ring (bicyclic) bond motifs is 1. The normalized spacial score (nSPS) is 12.8. The highest BCUT2D eigenvalue weighted by molar-refractivity contribution is 5.90. The SMILES string of the molecule is COc1[c]cc2nc(C)nc(N[C@H](C)c3cc(N)cc(C(F)(F)F)c3)c2c1. The molecule has 3 aromatic rings. The highest BCUT2D eigenvalue weighted by atomic mass is 19.4. The molecule has 0 aliphatic rings. The van der Waals surface area contributed by atoms with Gasteiger partial charge in [-0.3, -0.25) is 0 Å². The molecule has 0 aliphatic heterocycles. The van der Waals surface area contributed by atoms with Crippen LogP contribution in [0.25, 0.3) is 10.9 Å². The molecular formula is C19H18F3N4O. The highest BCUT2D eigenvalue weighted by Crippen LogP contribution is 2.34. The van der Waals surface area contributed by atoms with E-state index in [1.807, 2.05) is 0 Å². The highest BCUT2D eigenvalue weighted by Gasteiger charge is 2.31. The minimum Gasteiger partial charge on any atom is -0.496 e. The van der Waals surface area contributed by atoms with Gasteiger partial charge in [0.05, 0.1) is 24.2 Å². The molecule has 141 valence electrons. The van der Waals surface area contributed by atoms with E-state index in [2.05, 4.69) is 21.4 Å². The maximum absolute atomic E-state index is 13.1. The van der Waals surface area contributed by atoms with Gasteiger partial charge in [-0.25, -0.2) is 9.97 Å². The van der Waals surface area contributed by atoms with Crippen molar-refractivity contribution in [3.63, 3.8) is 0 Å². The van der Waals surface area contributed by atoms with Crippen LogP contribution in [0.5, 0.6) is 5.75 Å². The molecule has 1 aromatic heterocycles. The first-order chi connectivity index (χ1) is 12.7. The molecule has 1 atom stereocenters. The van der Waals surface area contributed by atoms with Crippen LogP contribution in [0.3, 0.4) is 0 Å². The number of rotatable bonds is 4. The van der Waals surface area contributed by atoms with E-state index in [-0.39, 0.29) is 5.69 Å². The van der Waals surface area contributed by atoms with Gasteiger partial charge in [0.15, 0.2) is 0 Å². The van der Waals surface area contributed by atoms with Gasteiger partial charge < -0.3 is 15.8 Å². The number of hydrogen-bond donors (Lipinski definition) is 2. The molecule has 0 bridgehead atoms. The minimum absolute atomic E-state index is 0.0495. The van der Waals surface area contributed by atoms with Crippen molar-refractivity contribution in [1.29, 1.82) is 0 Å². The average molecular weight is 375 g/mol. The van der Waals surface area contributed by atoms with Crippen molar-refractivity contribution in [3.05, 3.63) is 53.3 Å². The summed E-state index contributed by atoms with van der Waals surface area (Å²) in [7, 11) is 1.52. The number of anilines is 2. The van der Waals surface area contributed by atoms with Crippen molar-refractivity contribution in [2.75, 3.05) is 18.2 Å². The molecule has 5 nitrogen and oxygen atoms in total. The van der Waals surface area contributed by atoms with Crippen molar-refractivity contribution in [2.24, 2.45) is 0 Å². The summed E-state index contributed by atoms with van der Waals surface area (Å²) in [6, 6.07) is 9.40. The van der Waals surface area contributed by atoms with E-state index in [9.17, 15) is 13.2 Å². The predicted octanol–water partition coefficient (Wildman–Crippen LogP) is 4.52. The van der Waals surface area contributed by atoms with Gasteiger partial charge in [0.1, 0.15) is 17.4 Å². The Labute approximate surface area is 154 Å². The second-order valence-electron chi connectivity index (χ2n) is 6.17. The maximum Gasteiger partial charge on any atom is 0.416 e. The average Bonchev–Trinajstić information content (AvgIpc) is 2.60. The first kappa shape index (κ1) is 18.8. The lowest BCUT2D eigenvalue weighted by Gasteiger charge is -2.19. The number of halogens is 3. The number of aryl methyl sites for hydroxylation is 1. The van der Waals surface area contributed by atoms with Crippen LogP contribution in [0, 0.1) is 13.0 Å². The van der Waals surface area contributed by atoms with Gasteiger partial charge in [0.2, 0.25) is 0 Å². The van der Waals surface area contributed by atoms with Crippen LogP contribution >= 0.6 is 0 Å². The quantitative estimate of drug-likeness (QED) is 0.656. The fraction of sp³-hybridized carbons (Fsp3) is 0.263. The molecule has 1 heterocycles. The summed E-state index contributed by atoms with van der Waals surface area (Å²) in [6.07, 6.45) is -4.47. The smallest absolute Gasteiger partial charge is 0.416 e. The third kappa shape index (κ3) is 4.05. The van der Waals surface area contributed by atoms with E-state index in [0.29, 0.717) is 33.9 Å². The van der Waals surface area contributed by atoms with E-state index in [0.717, 1.165) is 12.1 Å². The van der Waals surface area contributed by atoms with Crippen LogP contribution in [0.1, 0.15) is 29.9 Å². The molecule has 0 unspecified atom stereocenters. The summed E-state index contributed by atoms with van der Waals surface area (Å²) in [5.74, 6) is 1.53. The second kappa shape index (κ2) is 6.94. The molecule has 8 heteroatoms. The zero-order valence-electron chi connectivity index (χ0n) is 15.0. The number of benzene rings is 2. The number of nitrogens with two attached hydrogens (primary N) is 1. The Morgan fingerprint density at radius 3 is 2.59 bits per heavy atom. The van der Waals surface area contributed by atoms with Crippen molar-refractivity contribution in [3.8, 4) is 5.75 Å². The molecule has 0 amide bonds. The number of alkyl halides is 3. The van der Waals surface area contributed by atoms with Crippen LogP contribution < -0.4 is 15.8 Å². The topological polar surface area (TPSA) is 73.1 Å². The Bertz CT molecular complexity index is 989. The van der Waals surface area contributed by atoms with Crippen LogP contribution in [0.2, 0.25) is 0 Å². The molecule has 2 aromatic carbocycles. The minimum atomic E-state index is -4.47. The molecule has 0 saturated heterocycles. The molecule has 3 N–H and O–H groups in total. The summed E-state index contributed by atoms with van der Waals surface area (Å²) in [4.78, 5) is 8.74. The zero-order valence-corrected chi connectivity index (χ0v) is 15.0. The first-order valence-electron chi connectivity index (χ1n) is 8.15. The van der Waals surface area contributed by atoms with Crippen molar-refractivity contribution >= 4 is 22.4 Å². The number of ether oxygens (including phenoxy) is 1. The van der Waals surface area contributed by atoms with Gasteiger partial charge in [-0.2, -0.15) is 13.2 Å². The number of nitrogen functional groups attached to an aromatic ring is 1. The van der Waals surface area contributed by atoms with Gasteiger partial charge in [0.25, 0.3) is 0 Å². The number of aromatic nitrogens is 2. The van der Waals surface area contributed by atoms with Gasteiger partial charge in [-0.15, -0.1) is 0 Å². The summed E-state index contributed by atoms with van der Waals surface area (Å²) in [5, 5.41) is 3.84. The Morgan fingerprint density at radius 1 is 1.19 bits per heavy atom. The molecule has 0 fully saturated rings. The summed E-state index contributed by atoms with van der Waals surface area (Å²) >= 11 is 0. The van der Waals surface area contributed by atoms with Crippen molar-refractivity contribution in [1.82, 2.24) is 9.97 Å². The van der Waals surface area contributed by atoms with Crippen LogP contribution in [0.15, 0.2) is 30.3 Å². The van der Waals surface area contributed by atoms with E-state index in [1.165, 1.54) is 13.2 Å². The monoisotopic (exact) mass is 375 g/mol. The molecule has 3 rings (SSSR count). The van der Waals surface area contributed by atoms with Gasteiger partial charge in [-0.1, -0.05) is 0 Å².